The van der Waals surface area contributed by atoms with E-state index in [0.717, 1.165) is 12.0 Å². The summed E-state index contributed by atoms with van der Waals surface area (Å²) in [6, 6.07) is 18.5. The molecule has 2 aromatic carbocycles. The smallest absolute Gasteiger partial charge is 0.257 e. The molecule has 2 N–H and O–H groups in total. The zero-order valence-corrected chi connectivity index (χ0v) is 14.4. The lowest BCUT2D eigenvalue weighted by Gasteiger charge is -2.08. The number of carbonyl (C=O) groups is 1. The van der Waals surface area contributed by atoms with Gasteiger partial charge in [-0.1, -0.05) is 18.2 Å². The van der Waals surface area contributed by atoms with Crippen molar-refractivity contribution >= 4 is 17.4 Å². The monoisotopic (exact) mass is 360 g/mol. The van der Waals surface area contributed by atoms with Crippen molar-refractivity contribution < 1.29 is 9.18 Å². The Labute approximate surface area is 156 Å². The second kappa shape index (κ2) is 8.59. The second-order valence-corrected chi connectivity index (χ2v) is 5.88. The highest BCUT2D eigenvalue weighted by atomic mass is 19.1. The van der Waals surface area contributed by atoms with Gasteiger partial charge in [-0.2, -0.15) is 5.26 Å². The van der Waals surface area contributed by atoms with Gasteiger partial charge in [-0.05, 0) is 54.4 Å². The van der Waals surface area contributed by atoms with Gasteiger partial charge in [-0.3, -0.25) is 4.79 Å². The molecule has 0 aliphatic heterocycles. The van der Waals surface area contributed by atoms with E-state index >= 15 is 0 Å². The number of benzene rings is 2. The van der Waals surface area contributed by atoms with Gasteiger partial charge in [0, 0.05) is 18.4 Å². The molecule has 0 unspecified atom stereocenters. The number of rotatable bonds is 6. The molecule has 3 aromatic rings. The normalized spacial score (nSPS) is 10.1. The van der Waals surface area contributed by atoms with E-state index in [-0.39, 0.29) is 11.7 Å². The molecule has 0 saturated carbocycles. The number of amides is 1. The summed E-state index contributed by atoms with van der Waals surface area (Å²) in [5.41, 5.74) is 2.48. The third kappa shape index (κ3) is 5.13. The first-order valence-corrected chi connectivity index (χ1v) is 8.40. The van der Waals surface area contributed by atoms with Crippen LogP contribution >= 0.6 is 0 Å². The number of hydrogen-bond acceptors (Lipinski definition) is 4. The lowest BCUT2D eigenvalue weighted by Crippen LogP contribution is -2.13. The highest BCUT2D eigenvalue weighted by Gasteiger charge is 2.07. The van der Waals surface area contributed by atoms with Crippen LogP contribution in [0.1, 0.15) is 21.5 Å². The summed E-state index contributed by atoms with van der Waals surface area (Å²) in [6.45, 7) is 0.644. The van der Waals surface area contributed by atoms with Crippen LogP contribution < -0.4 is 10.6 Å². The average molecular weight is 360 g/mol. The molecule has 1 aromatic heterocycles. The Morgan fingerprint density at radius 2 is 1.93 bits per heavy atom. The molecule has 1 heterocycles. The molecular formula is C21H17FN4O. The Kier molecular flexibility index (Phi) is 5.75. The van der Waals surface area contributed by atoms with E-state index in [0.29, 0.717) is 29.2 Å². The number of nitrogens with one attached hydrogen (secondary N) is 2. The minimum absolute atomic E-state index is 0.249. The Bertz CT molecular complexity index is 963. The minimum Gasteiger partial charge on any atom is -0.370 e. The van der Waals surface area contributed by atoms with Crippen LogP contribution in [0.25, 0.3) is 0 Å². The molecule has 0 aliphatic carbocycles. The maximum Gasteiger partial charge on any atom is 0.257 e. The molecule has 134 valence electrons. The fraction of sp³-hybridized carbons (Fsp3) is 0.0952. The zero-order chi connectivity index (χ0) is 19.1. The average Bonchev–Trinajstić information content (AvgIpc) is 2.70. The standard InChI is InChI=1S/C21H17FN4O/c22-18-7-4-15(5-8-18)10-11-24-20-9-6-17(14-25-20)21(27)26-19-3-1-2-16(12-19)13-23/h1-9,12,14H,10-11H2,(H,24,25)(H,26,27). The molecule has 0 spiro atoms. The predicted octanol–water partition coefficient (Wildman–Crippen LogP) is 4.00. The van der Waals surface area contributed by atoms with E-state index in [9.17, 15) is 9.18 Å². The van der Waals surface area contributed by atoms with Crippen molar-refractivity contribution in [2.45, 2.75) is 6.42 Å². The van der Waals surface area contributed by atoms with Crippen molar-refractivity contribution in [3.8, 4) is 6.07 Å². The maximum absolute atomic E-state index is 12.9. The van der Waals surface area contributed by atoms with Crippen LogP contribution in [-0.4, -0.2) is 17.4 Å². The number of anilines is 2. The van der Waals surface area contributed by atoms with Gasteiger partial charge in [0.1, 0.15) is 11.6 Å². The molecule has 0 atom stereocenters. The third-order valence-electron chi connectivity index (χ3n) is 3.91. The number of halogens is 1. The molecule has 27 heavy (non-hydrogen) atoms. The fourth-order valence-electron chi connectivity index (χ4n) is 2.49. The minimum atomic E-state index is -0.296. The van der Waals surface area contributed by atoms with Gasteiger partial charge in [0.2, 0.25) is 0 Å². The maximum atomic E-state index is 12.9. The number of aromatic nitrogens is 1. The molecule has 6 heteroatoms. The van der Waals surface area contributed by atoms with Crippen LogP contribution in [0.2, 0.25) is 0 Å². The summed E-state index contributed by atoms with van der Waals surface area (Å²) < 4.78 is 12.9. The molecule has 0 saturated heterocycles. The van der Waals surface area contributed by atoms with Gasteiger partial charge in [-0.25, -0.2) is 9.37 Å². The summed E-state index contributed by atoms with van der Waals surface area (Å²) in [7, 11) is 0. The van der Waals surface area contributed by atoms with Gasteiger partial charge in [0.05, 0.1) is 17.2 Å². The first kappa shape index (κ1) is 18.1. The first-order chi connectivity index (χ1) is 13.1. The molecule has 1 amide bonds. The van der Waals surface area contributed by atoms with Crippen molar-refractivity contribution in [2.75, 3.05) is 17.2 Å². The summed E-state index contributed by atoms with van der Waals surface area (Å²) in [5.74, 6) is 0.109. The quantitative estimate of drug-likeness (QED) is 0.696. The van der Waals surface area contributed by atoms with Crippen LogP contribution in [0.15, 0.2) is 66.9 Å². The Morgan fingerprint density at radius 1 is 1.11 bits per heavy atom. The fourth-order valence-corrected chi connectivity index (χ4v) is 2.49. The largest absolute Gasteiger partial charge is 0.370 e. The summed E-state index contributed by atoms with van der Waals surface area (Å²) in [5, 5.41) is 14.8. The van der Waals surface area contributed by atoms with Gasteiger partial charge < -0.3 is 10.6 Å². The van der Waals surface area contributed by atoms with Crippen LogP contribution in [0.5, 0.6) is 0 Å². The van der Waals surface area contributed by atoms with Crippen molar-refractivity contribution in [2.24, 2.45) is 0 Å². The Hall–Kier alpha value is -3.72. The number of pyridine rings is 1. The first-order valence-electron chi connectivity index (χ1n) is 8.40. The van der Waals surface area contributed by atoms with Crippen molar-refractivity contribution in [1.29, 1.82) is 5.26 Å². The molecule has 0 bridgehead atoms. The molecule has 0 aliphatic rings. The number of nitriles is 1. The summed E-state index contributed by atoms with van der Waals surface area (Å²) >= 11 is 0. The lowest BCUT2D eigenvalue weighted by molar-refractivity contribution is 0.102. The van der Waals surface area contributed by atoms with Crippen LogP contribution in [0.3, 0.4) is 0 Å². The number of nitrogens with zero attached hydrogens (tertiary/aromatic N) is 2. The summed E-state index contributed by atoms with van der Waals surface area (Å²) in [4.78, 5) is 16.5. The van der Waals surface area contributed by atoms with E-state index in [1.165, 1.54) is 18.3 Å². The third-order valence-corrected chi connectivity index (χ3v) is 3.91. The van der Waals surface area contributed by atoms with E-state index in [1.807, 2.05) is 6.07 Å². The number of hydrogen-bond donors (Lipinski definition) is 2. The molecular weight excluding hydrogens is 343 g/mol. The molecule has 5 nitrogen and oxygen atoms in total. The van der Waals surface area contributed by atoms with Gasteiger partial charge in [0.25, 0.3) is 5.91 Å². The lowest BCUT2D eigenvalue weighted by atomic mass is 10.1. The van der Waals surface area contributed by atoms with E-state index < -0.39 is 0 Å². The number of carbonyl (C=O) groups excluding carboxylic acids is 1. The second-order valence-electron chi connectivity index (χ2n) is 5.88. The van der Waals surface area contributed by atoms with Gasteiger partial charge in [0.15, 0.2) is 0 Å². The van der Waals surface area contributed by atoms with E-state index in [1.54, 1.807) is 48.5 Å². The summed E-state index contributed by atoms with van der Waals surface area (Å²) in [6.07, 6.45) is 2.23. The van der Waals surface area contributed by atoms with Gasteiger partial charge >= 0.3 is 0 Å². The van der Waals surface area contributed by atoms with Crippen molar-refractivity contribution in [1.82, 2.24) is 4.98 Å². The van der Waals surface area contributed by atoms with Crippen LogP contribution in [0, 0.1) is 17.1 Å². The van der Waals surface area contributed by atoms with Crippen LogP contribution in [-0.2, 0) is 6.42 Å². The zero-order valence-electron chi connectivity index (χ0n) is 14.4. The van der Waals surface area contributed by atoms with E-state index in [2.05, 4.69) is 15.6 Å². The molecule has 0 fully saturated rings. The Balaban J connectivity index is 1.53. The van der Waals surface area contributed by atoms with E-state index in [4.69, 9.17) is 5.26 Å². The highest BCUT2D eigenvalue weighted by molar-refractivity contribution is 6.04. The highest BCUT2D eigenvalue weighted by Crippen LogP contribution is 2.13. The van der Waals surface area contributed by atoms with Crippen molar-refractivity contribution in [3.05, 3.63) is 89.4 Å². The predicted molar refractivity (Wildman–Crippen MR) is 102 cm³/mol. The van der Waals surface area contributed by atoms with Crippen molar-refractivity contribution in [3.63, 3.8) is 0 Å². The SMILES string of the molecule is N#Cc1cccc(NC(=O)c2ccc(NCCc3ccc(F)cc3)nc2)c1. The van der Waals surface area contributed by atoms with Gasteiger partial charge in [-0.15, -0.1) is 0 Å². The Morgan fingerprint density at radius 3 is 2.63 bits per heavy atom. The molecule has 0 radical (unpaired) electrons. The topological polar surface area (TPSA) is 77.8 Å². The molecule has 3 rings (SSSR count). The van der Waals surface area contributed by atoms with Crippen LogP contribution in [0.4, 0.5) is 15.9 Å².